The van der Waals surface area contributed by atoms with Crippen LogP contribution in [0.15, 0.2) is 66.2 Å². The van der Waals surface area contributed by atoms with Gasteiger partial charge in [0.1, 0.15) is 11.4 Å². The minimum atomic E-state index is -0.0959. The topological polar surface area (TPSA) is 106 Å². The van der Waals surface area contributed by atoms with Crippen LogP contribution in [0.4, 0.5) is 0 Å². The quantitative estimate of drug-likeness (QED) is 0.296. The summed E-state index contributed by atoms with van der Waals surface area (Å²) in [4.78, 5) is 34.4. The Labute approximate surface area is 206 Å². The average molecular weight is 489 g/mol. The molecule has 0 radical (unpaired) electrons. The monoisotopic (exact) mass is 488 g/mol. The first-order chi connectivity index (χ1) is 17.1. The number of benzene rings is 1. The Hall–Kier alpha value is -3.92. The summed E-state index contributed by atoms with van der Waals surface area (Å²) in [5, 5.41) is 9.34. The number of likely N-dealkylation sites (tertiary alicyclic amines) is 1. The van der Waals surface area contributed by atoms with E-state index in [0.29, 0.717) is 22.2 Å². The van der Waals surface area contributed by atoms with E-state index in [1.54, 1.807) is 31.8 Å². The van der Waals surface area contributed by atoms with E-state index in [2.05, 4.69) is 20.2 Å². The third-order valence-corrected chi connectivity index (χ3v) is 6.79. The number of ketones is 1. The van der Waals surface area contributed by atoms with Crippen molar-refractivity contribution >= 4 is 23.5 Å². The first kappa shape index (κ1) is 22.9. The van der Waals surface area contributed by atoms with Crippen molar-refractivity contribution in [3.63, 3.8) is 0 Å². The minimum Gasteiger partial charge on any atom is -0.497 e. The summed E-state index contributed by atoms with van der Waals surface area (Å²) in [6, 6.07) is 12.9. The van der Waals surface area contributed by atoms with Crippen LogP contribution in [0, 0.1) is 0 Å². The molecular weight excluding hydrogens is 464 g/mol. The zero-order valence-electron chi connectivity index (χ0n) is 19.2. The predicted molar refractivity (Wildman–Crippen MR) is 132 cm³/mol. The van der Waals surface area contributed by atoms with E-state index in [1.165, 1.54) is 11.8 Å². The number of carbonyl (C=O) groups is 2. The van der Waals surface area contributed by atoms with E-state index in [0.717, 1.165) is 42.9 Å². The van der Waals surface area contributed by atoms with Gasteiger partial charge in [0.15, 0.2) is 16.8 Å². The Morgan fingerprint density at radius 3 is 2.51 bits per heavy atom. The second kappa shape index (κ2) is 10.1. The number of hydrogen-bond donors (Lipinski definition) is 1. The van der Waals surface area contributed by atoms with Crippen molar-refractivity contribution in [3.05, 3.63) is 72.3 Å². The number of aromatic amines is 1. The molecule has 178 valence electrons. The molecule has 0 aliphatic carbocycles. The molecule has 1 N–H and O–H groups in total. The number of pyridine rings is 1. The number of aromatic nitrogens is 5. The molecule has 0 spiro atoms. The molecule has 10 heteroatoms. The van der Waals surface area contributed by atoms with Crippen LogP contribution in [0.1, 0.15) is 33.7 Å². The highest BCUT2D eigenvalue weighted by molar-refractivity contribution is 7.99. The maximum Gasteiger partial charge on any atom is 0.270 e. The molecule has 4 aromatic rings. The molecule has 1 aliphatic heterocycles. The number of nitrogens with zero attached hydrogens (tertiary/aromatic N) is 5. The number of ether oxygens (including phenoxy) is 1. The van der Waals surface area contributed by atoms with Gasteiger partial charge < -0.3 is 14.6 Å². The SMILES string of the molecule is COc1ccc(-n2c(SCC(=O)c3c[nH]c(C(=O)N4CCCC4)c3)nnc2-c2ccncc2)cc1. The number of rotatable bonds is 8. The lowest BCUT2D eigenvalue weighted by molar-refractivity contribution is 0.0787. The maximum absolute atomic E-state index is 12.9. The molecule has 0 saturated carbocycles. The largest absolute Gasteiger partial charge is 0.497 e. The Kier molecular flexibility index (Phi) is 6.62. The third kappa shape index (κ3) is 4.83. The zero-order chi connectivity index (χ0) is 24.2. The Bertz CT molecular complexity index is 1330. The van der Waals surface area contributed by atoms with Crippen molar-refractivity contribution in [2.45, 2.75) is 18.0 Å². The molecule has 1 fully saturated rings. The molecule has 0 atom stereocenters. The highest BCUT2D eigenvalue weighted by Crippen LogP contribution is 2.29. The molecule has 1 saturated heterocycles. The van der Waals surface area contributed by atoms with Gasteiger partial charge in [0.05, 0.1) is 12.9 Å². The van der Waals surface area contributed by atoms with E-state index >= 15 is 0 Å². The lowest BCUT2D eigenvalue weighted by Crippen LogP contribution is -2.27. The van der Waals surface area contributed by atoms with E-state index in [1.807, 2.05) is 45.9 Å². The van der Waals surface area contributed by atoms with Crippen molar-refractivity contribution in [2.24, 2.45) is 0 Å². The first-order valence-corrected chi connectivity index (χ1v) is 12.3. The molecule has 0 bridgehead atoms. The second-order valence-corrected chi connectivity index (χ2v) is 9.03. The normalized spacial score (nSPS) is 13.2. The highest BCUT2D eigenvalue weighted by atomic mass is 32.2. The van der Waals surface area contributed by atoms with Crippen LogP contribution in [-0.4, -0.2) is 67.3 Å². The van der Waals surface area contributed by atoms with Gasteiger partial charge in [-0.15, -0.1) is 10.2 Å². The molecule has 4 heterocycles. The van der Waals surface area contributed by atoms with E-state index < -0.39 is 0 Å². The smallest absolute Gasteiger partial charge is 0.270 e. The van der Waals surface area contributed by atoms with Crippen molar-refractivity contribution in [3.8, 4) is 22.8 Å². The molecule has 35 heavy (non-hydrogen) atoms. The Morgan fingerprint density at radius 1 is 1.06 bits per heavy atom. The van der Waals surface area contributed by atoms with Crippen LogP contribution >= 0.6 is 11.8 Å². The van der Waals surface area contributed by atoms with Crippen molar-refractivity contribution < 1.29 is 14.3 Å². The number of methoxy groups -OCH3 is 1. The predicted octanol–water partition coefficient (Wildman–Crippen LogP) is 3.88. The molecule has 9 nitrogen and oxygen atoms in total. The van der Waals surface area contributed by atoms with Gasteiger partial charge >= 0.3 is 0 Å². The molecular formula is C25H24N6O3S. The van der Waals surface area contributed by atoms with Crippen LogP contribution in [-0.2, 0) is 0 Å². The third-order valence-electron chi connectivity index (χ3n) is 5.86. The average Bonchev–Trinajstić information content (AvgIpc) is 3.68. The summed E-state index contributed by atoms with van der Waals surface area (Å²) >= 11 is 1.30. The standard InChI is InChI=1S/C25H24N6O3S/c1-34-20-6-4-19(5-7-20)31-23(17-8-10-26-11-9-17)28-29-25(31)35-16-22(32)18-14-21(27-15-18)24(33)30-12-2-3-13-30/h4-11,14-15,27H,2-3,12-13,16H2,1H3. The number of nitrogens with one attached hydrogen (secondary N) is 1. The van der Waals surface area contributed by atoms with Crippen LogP contribution in [0.3, 0.4) is 0 Å². The van der Waals surface area contributed by atoms with Gasteiger partial charge in [-0.05, 0) is 55.3 Å². The Balaban J connectivity index is 1.37. The highest BCUT2D eigenvalue weighted by Gasteiger charge is 2.22. The molecule has 1 amide bonds. The first-order valence-electron chi connectivity index (χ1n) is 11.3. The molecule has 1 aliphatic rings. The number of H-pyrrole nitrogens is 1. The fourth-order valence-electron chi connectivity index (χ4n) is 4.00. The molecule has 1 aromatic carbocycles. The van der Waals surface area contributed by atoms with Gasteiger partial charge in [0.25, 0.3) is 5.91 Å². The van der Waals surface area contributed by atoms with Crippen LogP contribution < -0.4 is 4.74 Å². The molecule has 3 aromatic heterocycles. The minimum absolute atomic E-state index is 0.0598. The van der Waals surface area contributed by atoms with Crippen molar-refractivity contribution in [1.29, 1.82) is 0 Å². The number of carbonyl (C=O) groups excluding carboxylic acids is 2. The van der Waals surface area contributed by atoms with Crippen molar-refractivity contribution in [2.75, 3.05) is 26.0 Å². The lowest BCUT2D eigenvalue weighted by Gasteiger charge is -2.13. The summed E-state index contributed by atoms with van der Waals surface area (Å²) < 4.78 is 7.19. The number of Topliss-reactive ketones (excluding diaryl/α,β-unsaturated/α-hetero) is 1. The van der Waals surface area contributed by atoms with E-state index in [-0.39, 0.29) is 17.4 Å². The second-order valence-electron chi connectivity index (χ2n) is 8.09. The van der Waals surface area contributed by atoms with Crippen LogP contribution in [0.5, 0.6) is 5.75 Å². The van der Waals surface area contributed by atoms with Gasteiger partial charge in [-0.3, -0.25) is 19.1 Å². The molecule has 0 unspecified atom stereocenters. The number of amides is 1. The molecule has 5 rings (SSSR count). The van der Waals surface area contributed by atoms with Gasteiger partial charge in [0, 0.05) is 48.5 Å². The number of thioether (sulfide) groups is 1. The fourth-order valence-corrected chi connectivity index (χ4v) is 4.84. The Morgan fingerprint density at radius 2 is 1.80 bits per heavy atom. The number of hydrogen-bond acceptors (Lipinski definition) is 7. The lowest BCUT2D eigenvalue weighted by atomic mass is 10.2. The van der Waals surface area contributed by atoms with Crippen LogP contribution in [0.2, 0.25) is 0 Å². The van der Waals surface area contributed by atoms with Gasteiger partial charge in [-0.2, -0.15) is 0 Å². The van der Waals surface area contributed by atoms with Crippen LogP contribution in [0.25, 0.3) is 17.1 Å². The summed E-state index contributed by atoms with van der Waals surface area (Å²) in [5.41, 5.74) is 2.63. The summed E-state index contributed by atoms with van der Waals surface area (Å²) in [7, 11) is 1.62. The summed E-state index contributed by atoms with van der Waals surface area (Å²) in [6.07, 6.45) is 7.04. The summed E-state index contributed by atoms with van der Waals surface area (Å²) in [6.45, 7) is 1.52. The van der Waals surface area contributed by atoms with E-state index in [9.17, 15) is 9.59 Å². The van der Waals surface area contributed by atoms with Gasteiger partial charge in [-0.1, -0.05) is 11.8 Å². The zero-order valence-corrected chi connectivity index (χ0v) is 20.0. The van der Waals surface area contributed by atoms with Gasteiger partial charge in [0.2, 0.25) is 0 Å². The fraction of sp³-hybridized carbons (Fsp3) is 0.240. The van der Waals surface area contributed by atoms with Gasteiger partial charge in [-0.25, -0.2) is 0 Å². The maximum atomic E-state index is 12.9. The van der Waals surface area contributed by atoms with E-state index in [4.69, 9.17) is 4.74 Å². The summed E-state index contributed by atoms with van der Waals surface area (Å²) in [5.74, 6) is 1.38. The van der Waals surface area contributed by atoms with Crippen molar-refractivity contribution in [1.82, 2.24) is 29.6 Å².